The molecule has 1 aliphatic rings. The summed E-state index contributed by atoms with van der Waals surface area (Å²) in [7, 11) is -1.51. The van der Waals surface area contributed by atoms with Gasteiger partial charge >= 0.3 is 7.12 Å². The SMILES string of the molecule is CS(=O)Cc1ccc(B2OC(C)(C)C(C)(C)O2)c(O)c1. The van der Waals surface area contributed by atoms with Gasteiger partial charge in [-0.05, 0) is 39.3 Å². The van der Waals surface area contributed by atoms with Crippen LogP contribution in [0.4, 0.5) is 0 Å². The van der Waals surface area contributed by atoms with E-state index in [0.29, 0.717) is 11.2 Å². The second kappa shape index (κ2) is 5.17. The van der Waals surface area contributed by atoms with Gasteiger partial charge in [0.1, 0.15) is 5.75 Å². The van der Waals surface area contributed by atoms with E-state index in [-0.39, 0.29) is 5.75 Å². The third kappa shape index (κ3) is 2.92. The molecule has 1 unspecified atom stereocenters. The van der Waals surface area contributed by atoms with Crippen LogP contribution >= 0.6 is 0 Å². The van der Waals surface area contributed by atoms with Crippen LogP contribution in [0.5, 0.6) is 5.75 Å². The molecule has 1 fully saturated rings. The van der Waals surface area contributed by atoms with Crippen LogP contribution in [0.25, 0.3) is 0 Å². The van der Waals surface area contributed by atoms with Gasteiger partial charge in [-0.15, -0.1) is 0 Å². The van der Waals surface area contributed by atoms with E-state index in [1.165, 1.54) is 0 Å². The summed E-state index contributed by atoms with van der Waals surface area (Å²) in [6.07, 6.45) is 1.64. The molecule has 1 aromatic rings. The predicted octanol–water partition coefficient (Wildman–Crippen LogP) is 1.57. The highest BCUT2D eigenvalue weighted by Gasteiger charge is 2.52. The fourth-order valence-electron chi connectivity index (χ4n) is 2.08. The molecule has 1 aromatic carbocycles. The Bertz CT molecular complexity index is 526. The largest absolute Gasteiger partial charge is 0.508 e. The molecule has 4 nitrogen and oxygen atoms in total. The molecule has 1 atom stereocenters. The highest BCUT2D eigenvalue weighted by molar-refractivity contribution is 7.83. The maximum Gasteiger partial charge on any atom is 0.498 e. The topological polar surface area (TPSA) is 55.8 Å². The predicted molar refractivity (Wildman–Crippen MR) is 81.6 cm³/mol. The van der Waals surface area contributed by atoms with Crippen LogP contribution in [0, 0.1) is 0 Å². The van der Waals surface area contributed by atoms with E-state index in [2.05, 4.69) is 0 Å². The zero-order valence-corrected chi connectivity index (χ0v) is 13.4. The van der Waals surface area contributed by atoms with Crippen LogP contribution in [0.3, 0.4) is 0 Å². The lowest BCUT2D eigenvalue weighted by atomic mass is 9.78. The molecule has 1 aliphatic heterocycles. The van der Waals surface area contributed by atoms with Crippen LogP contribution in [-0.2, 0) is 25.9 Å². The molecule has 0 bridgehead atoms. The van der Waals surface area contributed by atoms with Crippen molar-refractivity contribution >= 4 is 23.4 Å². The molecule has 0 amide bonds. The van der Waals surface area contributed by atoms with Gasteiger partial charge < -0.3 is 14.4 Å². The molecule has 6 heteroatoms. The molecular formula is C14H21BO4S. The first-order valence-electron chi connectivity index (χ1n) is 6.60. The number of rotatable bonds is 3. The molecule has 20 heavy (non-hydrogen) atoms. The third-order valence-corrected chi connectivity index (χ3v) is 4.71. The fourth-order valence-corrected chi connectivity index (χ4v) is 2.73. The minimum absolute atomic E-state index is 0.117. The van der Waals surface area contributed by atoms with Crippen LogP contribution in [-0.4, -0.2) is 33.9 Å². The quantitative estimate of drug-likeness (QED) is 0.860. The zero-order valence-electron chi connectivity index (χ0n) is 12.6. The lowest BCUT2D eigenvalue weighted by Gasteiger charge is -2.32. The third-order valence-electron chi connectivity index (χ3n) is 3.97. The summed E-state index contributed by atoms with van der Waals surface area (Å²) in [5.41, 5.74) is 0.569. The molecule has 0 radical (unpaired) electrons. The monoisotopic (exact) mass is 296 g/mol. The van der Waals surface area contributed by atoms with Gasteiger partial charge in [0.05, 0.1) is 11.2 Å². The average molecular weight is 296 g/mol. The summed E-state index contributed by atoms with van der Waals surface area (Å²) in [5.74, 6) is 0.545. The molecule has 1 heterocycles. The van der Waals surface area contributed by atoms with Crippen molar-refractivity contribution in [3.8, 4) is 5.75 Å². The minimum Gasteiger partial charge on any atom is -0.508 e. The highest BCUT2D eigenvalue weighted by Crippen LogP contribution is 2.37. The molecule has 0 saturated carbocycles. The average Bonchev–Trinajstić information content (AvgIpc) is 2.46. The summed E-state index contributed by atoms with van der Waals surface area (Å²) in [6.45, 7) is 7.88. The van der Waals surface area contributed by atoms with Gasteiger partial charge in [0.15, 0.2) is 0 Å². The van der Waals surface area contributed by atoms with Crippen molar-refractivity contribution in [3.05, 3.63) is 23.8 Å². The normalized spacial score (nSPS) is 21.9. The van der Waals surface area contributed by atoms with Crippen molar-refractivity contribution < 1.29 is 18.6 Å². The second-order valence-corrected chi connectivity index (χ2v) is 7.63. The summed E-state index contributed by atoms with van der Waals surface area (Å²) in [5, 5.41) is 10.1. The Morgan fingerprint density at radius 1 is 1.20 bits per heavy atom. The number of hydrogen-bond acceptors (Lipinski definition) is 4. The van der Waals surface area contributed by atoms with E-state index in [9.17, 15) is 9.32 Å². The zero-order chi connectivity index (χ0) is 15.1. The van der Waals surface area contributed by atoms with E-state index >= 15 is 0 Å². The molecule has 2 rings (SSSR count). The molecule has 0 aliphatic carbocycles. The van der Waals surface area contributed by atoms with Crippen LogP contribution in [0.1, 0.15) is 33.3 Å². The van der Waals surface area contributed by atoms with E-state index in [4.69, 9.17) is 9.31 Å². The van der Waals surface area contributed by atoms with Crippen molar-refractivity contribution in [1.29, 1.82) is 0 Å². The number of benzene rings is 1. The van der Waals surface area contributed by atoms with Gasteiger partial charge in [-0.3, -0.25) is 4.21 Å². The number of aromatic hydroxyl groups is 1. The van der Waals surface area contributed by atoms with Gasteiger partial charge in [0, 0.05) is 28.3 Å². The Morgan fingerprint density at radius 3 is 2.20 bits per heavy atom. The summed E-state index contributed by atoms with van der Waals surface area (Å²) in [4.78, 5) is 0. The summed E-state index contributed by atoms with van der Waals surface area (Å²) >= 11 is 0. The maximum absolute atomic E-state index is 11.2. The first-order valence-corrected chi connectivity index (χ1v) is 8.32. The van der Waals surface area contributed by atoms with E-state index in [1.807, 2.05) is 33.8 Å². The van der Waals surface area contributed by atoms with E-state index in [1.54, 1.807) is 18.4 Å². The number of hydrogen-bond donors (Lipinski definition) is 1. The van der Waals surface area contributed by atoms with Gasteiger partial charge in [-0.25, -0.2) is 0 Å². The maximum atomic E-state index is 11.2. The van der Waals surface area contributed by atoms with E-state index < -0.39 is 29.1 Å². The molecule has 110 valence electrons. The molecular weight excluding hydrogens is 275 g/mol. The summed E-state index contributed by atoms with van der Waals surface area (Å²) in [6, 6.07) is 5.25. The van der Waals surface area contributed by atoms with Crippen molar-refractivity contribution in [2.75, 3.05) is 6.26 Å². The Kier molecular flexibility index (Phi) is 4.02. The Hall–Kier alpha value is -0.845. The van der Waals surface area contributed by atoms with Gasteiger partial charge in [-0.1, -0.05) is 12.1 Å². The van der Waals surface area contributed by atoms with Crippen molar-refractivity contribution in [2.45, 2.75) is 44.6 Å². The van der Waals surface area contributed by atoms with E-state index in [0.717, 1.165) is 5.56 Å². The lowest BCUT2D eigenvalue weighted by molar-refractivity contribution is 0.00578. The Morgan fingerprint density at radius 2 is 1.75 bits per heavy atom. The Labute approximate surface area is 123 Å². The first kappa shape index (κ1) is 15.5. The standard InChI is InChI=1S/C14H21BO4S/c1-13(2)14(3,4)19-15(18-13)11-7-6-10(8-12(11)16)9-20(5)17/h6-8,16H,9H2,1-5H3. The fraction of sp³-hybridized carbons (Fsp3) is 0.571. The van der Waals surface area contributed by atoms with Gasteiger partial charge in [0.2, 0.25) is 0 Å². The van der Waals surface area contributed by atoms with Gasteiger partial charge in [0.25, 0.3) is 0 Å². The van der Waals surface area contributed by atoms with Crippen molar-refractivity contribution in [2.24, 2.45) is 0 Å². The molecule has 1 N–H and O–H groups in total. The molecule has 0 spiro atoms. The van der Waals surface area contributed by atoms with Crippen LogP contribution in [0.15, 0.2) is 18.2 Å². The first-order chi connectivity index (χ1) is 9.12. The number of phenols is 1. The summed E-state index contributed by atoms with van der Waals surface area (Å²) < 4.78 is 23.0. The molecule has 0 aromatic heterocycles. The van der Waals surface area contributed by atoms with Crippen molar-refractivity contribution in [1.82, 2.24) is 0 Å². The lowest BCUT2D eigenvalue weighted by Crippen LogP contribution is -2.41. The van der Waals surface area contributed by atoms with Crippen LogP contribution < -0.4 is 5.46 Å². The Balaban J connectivity index is 2.25. The molecule has 1 saturated heterocycles. The minimum atomic E-state index is -0.932. The highest BCUT2D eigenvalue weighted by atomic mass is 32.2. The van der Waals surface area contributed by atoms with Crippen molar-refractivity contribution in [3.63, 3.8) is 0 Å². The smallest absolute Gasteiger partial charge is 0.498 e. The van der Waals surface area contributed by atoms with Gasteiger partial charge in [-0.2, -0.15) is 0 Å². The van der Waals surface area contributed by atoms with Crippen LogP contribution in [0.2, 0.25) is 0 Å². The number of phenolic OH excluding ortho intramolecular Hbond substituents is 1. The second-order valence-electron chi connectivity index (χ2n) is 6.20.